The molecule has 2 rings (SSSR count). The van der Waals surface area contributed by atoms with E-state index in [2.05, 4.69) is 24.1 Å². The number of rotatable bonds is 3. The smallest absolute Gasteiger partial charge is 0.153 e. The Balaban J connectivity index is 2.35. The molecule has 1 heterocycles. The number of nitrogen functional groups attached to an aromatic ring is 1. The second kappa shape index (κ2) is 3.90. The van der Waals surface area contributed by atoms with E-state index in [1.165, 1.54) is 0 Å². The van der Waals surface area contributed by atoms with Crippen LogP contribution in [0.15, 0.2) is 24.3 Å². The molecule has 2 aromatic rings. The molecule has 1 aromatic carbocycles. The van der Waals surface area contributed by atoms with Crippen molar-refractivity contribution >= 4 is 16.7 Å². The van der Waals surface area contributed by atoms with Gasteiger partial charge in [-0.15, -0.1) is 0 Å². The van der Waals surface area contributed by atoms with Crippen molar-refractivity contribution in [2.45, 2.75) is 6.54 Å². The number of anilines is 1. The number of likely N-dealkylation sites (N-methyl/N-ethyl adjacent to an activating group) is 1. The van der Waals surface area contributed by atoms with Crippen LogP contribution < -0.4 is 5.73 Å². The van der Waals surface area contributed by atoms with Crippen LogP contribution in [0.1, 0.15) is 0 Å². The van der Waals surface area contributed by atoms with Crippen molar-refractivity contribution in [3.05, 3.63) is 24.3 Å². The number of benzene rings is 1. The summed E-state index contributed by atoms with van der Waals surface area (Å²) in [5, 5.41) is 5.37. The van der Waals surface area contributed by atoms with Gasteiger partial charge in [0.15, 0.2) is 5.82 Å². The van der Waals surface area contributed by atoms with Gasteiger partial charge < -0.3 is 10.6 Å². The molecule has 0 amide bonds. The first-order chi connectivity index (χ1) is 7.18. The highest BCUT2D eigenvalue weighted by Gasteiger charge is 2.06. The maximum absolute atomic E-state index is 5.84. The number of nitrogens with zero attached hydrogens (tertiary/aromatic N) is 3. The van der Waals surface area contributed by atoms with Gasteiger partial charge >= 0.3 is 0 Å². The number of aromatic nitrogens is 2. The molecule has 0 saturated heterocycles. The number of para-hydroxylation sites is 1. The van der Waals surface area contributed by atoms with Crippen LogP contribution in [0.3, 0.4) is 0 Å². The molecule has 0 unspecified atom stereocenters. The molecule has 2 N–H and O–H groups in total. The van der Waals surface area contributed by atoms with Crippen molar-refractivity contribution in [3.63, 3.8) is 0 Å². The Bertz CT molecular complexity index is 459. The molecule has 15 heavy (non-hydrogen) atoms. The first kappa shape index (κ1) is 9.98. The van der Waals surface area contributed by atoms with Crippen LogP contribution in [-0.4, -0.2) is 35.3 Å². The normalized spacial score (nSPS) is 11.4. The monoisotopic (exact) mass is 204 g/mol. The SMILES string of the molecule is CN(C)CCn1nc(N)c2ccccc21. The van der Waals surface area contributed by atoms with Crippen molar-refractivity contribution in [2.24, 2.45) is 0 Å². The van der Waals surface area contributed by atoms with Gasteiger partial charge in [0.05, 0.1) is 12.1 Å². The highest BCUT2D eigenvalue weighted by atomic mass is 15.3. The van der Waals surface area contributed by atoms with Crippen LogP contribution in [0.25, 0.3) is 10.9 Å². The minimum absolute atomic E-state index is 0.615. The number of nitrogens with two attached hydrogens (primary N) is 1. The predicted molar refractivity (Wildman–Crippen MR) is 62.7 cm³/mol. The van der Waals surface area contributed by atoms with E-state index >= 15 is 0 Å². The van der Waals surface area contributed by atoms with Crippen molar-refractivity contribution in [1.29, 1.82) is 0 Å². The van der Waals surface area contributed by atoms with Gasteiger partial charge in [0.1, 0.15) is 0 Å². The Morgan fingerprint density at radius 2 is 2.07 bits per heavy atom. The van der Waals surface area contributed by atoms with Gasteiger partial charge in [-0.05, 0) is 26.2 Å². The van der Waals surface area contributed by atoms with E-state index in [1.807, 2.05) is 28.9 Å². The maximum Gasteiger partial charge on any atom is 0.153 e. The standard InChI is InChI=1S/C11H16N4/c1-14(2)7-8-15-10-6-4-3-5-9(10)11(12)13-15/h3-6H,7-8H2,1-2H3,(H2,12,13). The average molecular weight is 204 g/mol. The second-order valence-corrected chi connectivity index (χ2v) is 3.93. The van der Waals surface area contributed by atoms with Crippen LogP contribution in [0.4, 0.5) is 5.82 Å². The van der Waals surface area contributed by atoms with Crippen molar-refractivity contribution < 1.29 is 0 Å². The summed E-state index contributed by atoms with van der Waals surface area (Å²) in [6, 6.07) is 8.05. The zero-order chi connectivity index (χ0) is 10.8. The third-order valence-corrected chi connectivity index (χ3v) is 2.45. The molecule has 0 fully saturated rings. The molecule has 1 aromatic heterocycles. The van der Waals surface area contributed by atoms with Crippen molar-refractivity contribution in [2.75, 3.05) is 26.4 Å². The third-order valence-electron chi connectivity index (χ3n) is 2.45. The molecule has 0 saturated carbocycles. The average Bonchev–Trinajstić information content (AvgIpc) is 2.54. The molecule has 0 aliphatic heterocycles. The lowest BCUT2D eigenvalue weighted by Crippen LogP contribution is -2.19. The number of hydrogen-bond acceptors (Lipinski definition) is 3. The molecule has 0 atom stereocenters. The lowest BCUT2D eigenvalue weighted by Gasteiger charge is -2.09. The fraction of sp³-hybridized carbons (Fsp3) is 0.364. The Morgan fingerprint density at radius 3 is 2.80 bits per heavy atom. The summed E-state index contributed by atoms with van der Waals surface area (Å²) in [7, 11) is 4.10. The fourth-order valence-corrected chi connectivity index (χ4v) is 1.62. The van der Waals surface area contributed by atoms with E-state index < -0.39 is 0 Å². The minimum atomic E-state index is 0.615. The van der Waals surface area contributed by atoms with Gasteiger partial charge in [-0.1, -0.05) is 12.1 Å². The van der Waals surface area contributed by atoms with Crippen LogP contribution in [0.5, 0.6) is 0 Å². The van der Waals surface area contributed by atoms with Crippen LogP contribution >= 0.6 is 0 Å². The first-order valence-corrected chi connectivity index (χ1v) is 5.04. The van der Waals surface area contributed by atoms with Gasteiger partial charge in [-0.25, -0.2) is 0 Å². The van der Waals surface area contributed by atoms with Gasteiger partial charge in [0.25, 0.3) is 0 Å². The second-order valence-electron chi connectivity index (χ2n) is 3.93. The lowest BCUT2D eigenvalue weighted by atomic mass is 10.2. The topological polar surface area (TPSA) is 47.1 Å². The van der Waals surface area contributed by atoms with Crippen molar-refractivity contribution in [3.8, 4) is 0 Å². The highest BCUT2D eigenvalue weighted by Crippen LogP contribution is 2.19. The van der Waals surface area contributed by atoms with Gasteiger partial charge in [-0.2, -0.15) is 5.10 Å². The summed E-state index contributed by atoms with van der Waals surface area (Å²) in [5.74, 6) is 0.615. The van der Waals surface area contributed by atoms with Crippen molar-refractivity contribution in [1.82, 2.24) is 14.7 Å². The van der Waals surface area contributed by atoms with Gasteiger partial charge in [0, 0.05) is 11.9 Å². The van der Waals surface area contributed by atoms with Gasteiger partial charge in [-0.3, -0.25) is 4.68 Å². The number of hydrogen-bond donors (Lipinski definition) is 1. The quantitative estimate of drug-likeness (QED) is 0.816. The maximum atomic E-state index is 5.84. The molecule has 4 nitrogen and oxygen atoms in total. The summed E-state index contributed by atoms with van der Waals surface area (Å²) in [6.07, 6.45) is 0. The van der Waals surface area contributed by atoms with E-state index in [-0.39, 0.29) is 0 Å². The summed E-state index contributed by atoms with van der Waals surface area (Å²) in [4.78, 5) is 2.13. The molecule has 0 radical (unpaired) electrons. The molecular weight excluding hydrogens is 188 g/mol. The van der Waals surface area contributed by atoms with E-state index in [0.29, 0.717) is 5.82 Å². The lowest BCUT2D eigenvalue weighted by molar-refractivity contribution is 0.377. The molecule has 0 spiro atoms. The summed E-state index contributed by atoms with van der Waals surface area (Å²) >= 11 is 0. The third kappa shape index (κ3) is 1.94. The largest absolute Gasteiger partial charge is 0.382 e. The van der Waals surface area contributed by atoms with Crippen LogP contribution in [-0.2, 0) is 6.54 Å². The molecule has 0 bridgehead atoms. The molecule has 0 aliphatic carbocycles. The zero-order valence-corrected chi connectivity index (χ0v) is 9.14. The predicted octanol–water partition coefficient (Wildman–Crippen LogP) is 1.18. The Kier molecular flexibility index (Phi) is 2.60. The summed E-state index contributed by atoms with van der Waals surface area (Å²) in [6.45, 7) is 1.83. The summed E-state index contributed by atoms with van der Waals surface area (Å²) < 4.78 is 1.96. The molecule has 4 heteroatoms. The van der Waals surface area contributed by atoms with E-state index in [4.69, 9.17) is 5.73 Å². The fourth-order valence-electron chi connectivity index (χ4n) is 1.62. The summed E-state index contributed by atoms with van der Waals surface area (Å²) in [5.41, 5.74) is 6.95. The van der Waals surface area contributed by atoms with E-state index in [9.17, 15) is 0 Å². The Hall–Kier alpha value is -1.55. The van der Waals surface area contributed by atoms with E-state index in [0.717, 1.165) is 24.0 Å². The zero-order valence-electron chi connectivity index (χ0n) is 9.14. The minimum Gasteiger partial charge on any atom is -0.382 e. The first-order valence-electron chi connectivity index (χ1n) is 5.04. The van der Waals surface area contributed by atoms with Gasteiger partial charge in [0.2, 0.25) is 0 Å². The number of fused-ring (bicyclic) bond motifs is 1. The molecule has 80 valence electrons. The Morgan fingerprint density at radius 1 is 1.33 bits per heavy atom. The highest BCUT2D eigenvalue weighted by molar-refractivity contribution is 5.88. The van der Waals surface area contributed by atoms with E-state index in [1.54, 1.807) is 0 Å². The Labute approximate surface area is 89.3 Å². The van der Waals surface area contributed by atoms with Crippen LogP contribution in [0.2, 0.25) is 0 Å². The van der Waals surface area contributed by atoms with Crippen LogP contribution in [0, 0.1) is 0 Å². The molecular formula is C11H16N4. The molecule has 0 aliphatic rings.